The summed E-state index contributed by atoms with van der Waals surface area (Å²) in [6.07, 6.45) is 13.9. The zero-order valence-electron chi connectivity index (χ0n) is 13.5. The Bertz CT molecular complexity index is 723. The number of aromatic nitrogens is 4. The molecule has 0 unspecified atom stereocenters. The fraction of sp³-hybridized carbons (Fsp3) is 0.375. The molecule has 23 heavy (non-hydrogen) atoms. The Hall–Kier alpha value is -2.54. The molecule has 0 saturated carbocycles. The van der Waals surface area contributed by atoms with Gasteiger partial charge >= 0.3 is 11.4 Å². The van der Waals surface area contributed by atoms with Crippen LogP contribution < -0.4 is 11.4 Å². The maximum absolute atomic E-state index is 11.9. The summed E-state index contributed by atoms with van der Waals surface area (Å²) in [4.78, 5) is 23.8. The summed E-state index contributed by atoms with van der Waals surface area (Å²) in [5, 5.41) is 0. The standard InChI is InChI=1S/C16H22N4O3/c1-3-5-17-7-9-19(15(17)21)11-13-23-14-12-20-10-8-18(6-4-2)16(20)22/h3-10H,11-14H2,1-2H3/b5-3+,6-4+. The van der Waals surface area contributed by atoms with E-state index in [0.29, 0.717) is 26.3 Å². The summed E-state index contributed by atoms with van der Waals surface area (Å²) >= 11 is 0. The maximum Gasteiger partial charge on any atom is 0.332 e. The second kappa shape index (κ2) is 8.19. The second-order valence-electron chi connectivity index (χ2n) is 4.94. The lowest BCUT2D eigenvalue weighted by Crippen LogP contribution is -2.25. The van der Waals surface area contributed by atoms with Crippen LogP contribution in [0.3, 0.4) is 0 Å². The Morgan fingerprint density at radius 2 is 1.26 bits per heavy atom. The smallest absolute Gasteiger partial charge is 0.332 e. The van der Waals surface area contributed by atoms with Crippen molar-refractivity contribution in [3.63, 3.8) is 0 Å². The molecule has 0 bridgehead atoms. The molecule has 124 valence electrons. The van der Waals surface area contributed by atoms with Gasteiger partial charge in [-0.1, -0.05) is 12.2 Å². The normalized spacial score (nSPS) is 11.9. The predicted octanol–water partition coefficient (Wildman–Crippen LogP) is 1.31. The summed E-state index contributed by atoms with van der Waals surface area (Å²) in [7, 11) is 0. The van der Waals surface area contributed by atoms with Gasteiger partial charge in [-0.15, -0.1) is 0 Å². The number of nitrogens with zero attached hydrogens (tertiary/aromatic N) is 4. The van der Waals surface area contributed by atoms with E-state index in [4.69, 9.17) is 4.74 Å². The Morgan fingerprint density at radius 1 is 0.826 bits per heavy atom. The van der Waals surface area contributed by atoms with Crippen LogP contribution in [0.2, 0.25) is 0 Å². The van der Waals surface area contributed by atoms with Crippen LogP contribution in [0, 0.1) is 0 Å². The first-order valence-corrected chi connectivity index (χ1v) is 7.55. The lowest BCUT2D eigenvalue weighted by atomic mass is 10.6. The third-order valence-electron chi connectivity index (χ3n) is 3.32. The summed E-state index contributed by atoms with van der Waals surface area (Å²) in [5.74, 6) is 0. The molecule has 0 atom stereocenters. The molecule has 2 rings (SSSR count). The lowest BCUT2D eigenvalue weighted by Gasteiger charge is -2.05. The molecule has 2 aromatic rings. The predicted molar refractivity (Wildman–Crippen MR) is 90.2 cm³/mol. The van der Waals surface area contributed by atoms with Crippen LogP contribution >= 0.6 is 0 Å². The molecule has 0 aromatic carbocycles. The highest BCUT2D eigenvalue weighted by Crippen LogP contribution is 1.90. The van der Waals surface area contributed by atoms with Crippen LogP contribution in [0.15, 0.2) is 46.5 Å². The van der Waals surface area contributed by atoms with E-state index in [-0.39, 0.29) is 11.4 Å². The number of imidazole rings is 2. The van der Waals surface area contributed by atoms with E-state index < -0.39 is 0 Å². The average molecular weight is 318 g/mol. The van der Waals surface area contributed by atoms with Gasteiger partial charge in [0.15, 0.2) is 0 Å². The number of hydrogen-bond acceptors (Lipinski definition) is 3. The Kier molecular flexibility index (Phi) is 5.99. The molecular formula is C16H22N4O3. The van der Waals surface area contributed by atoms with Crippen LogP contribution in [-0.4, -0.2) is 31.5 Å². The third-order valence-corrected chi connectivity index (χ3v) is 3.32. The van der Waals surface area contributed by atoms with Gasteiger partial charge in [-0.05, 0) is 13.8 Å². The van der Waals surface area contributed by atoms with Crippen LogP contribution in [0.4, 0.5) is 0 Å². The van der Waals surface area contributed by atoms with Gasteiger partial charge < -0.3 is 4.74 Å². The van der Waals surface area contributed by atoms with E-state index in [2.05, 4.69) is 0 Å². The quantitative estimate of drug-likeness (QED) is 0.690. The van der Waals surface area contributed by atoms with Crippen LogP contribution in [-0.2, 0) is 17.8 Å². The van der Waals surface area contributed by atoms with Gasteiger partial charge in [-0.3, -0.25) is 18.3 Å². The minimum atomic E-state index is -0.0913. The molecule has 7 heteroatoms. The van der Waals surface area contributed by atoms with Crippen molar-refractivity contribution in [2.45, 2.75) is 26.9 Å². The van der Waals surface area contributed by atoms with Crippen molar-refractivity contribution in [1.82, 2.24) is 18.3 Å². The topological polar surface area (TPSA) is 63.1 Å². The highest BCUT2D eigenvalue weighted by molar-refractivity contribution is 5.20. The van der Waals surface area contributed by atoms with Crippen molar-refractivity contribution >= 4 is 12.4 Å². The fourth-order valence-corrected chi connectivity index (χ4v) is 2.17. The first-order chi connectivity index (χ1) is 11.2. The van der Waals surface area contributed by atoms with Crippen molar-refractivity contribution in [2.75, 3.05) is 13.2 Å². The first-order valence-electron chi connectivity index (χ1n) is 7.55. The molecule has 2 aromatic heterocycles. The van der Waals surface area contributed by atoms with Gasteiger partial charge in [-0.2, -0.15) is 0 Å². The largest absolute Gasteiger partial charge is 0.378 e. The number of ether oxygens (including phenoxy) is 1. The fourth-order valence-electron chi connectivity index (χ4n) is 2.17. The third kappa shape index (κ3) is 4.23. The van der Waals surface area contributed by atoms with Crippen molar-refractivity contribution in [1.29, 1.82) is 0 Å². The molecule has 0 aliphatic carbocycles. The molecule has 0 amide bonds. The SMILES string of the molecule is C/C=C/n1ccn(CCOCCn2ccn(/C=C/C)c2=O)c1=O. The molecule has 0 saturated heterocycles. The molecular weight excluding hydrogens is 296 g/mol. The van der Waals surface area contributed by atoms with Crippen LogP contribution in [0.5, 0.6) is 0 Å². The Labute approximate surface area is 134 Å². The monoisotopic (exact) mass is 318 g/mol. The van der Waals surface area contributed by atoms with E-state index in [9.17, 15) is 9.59 Å². The average Bonchev–Trinajstić information content (AvgIpc) is 3.06. The van der Waals surface area contributed by atoms with E-state index in [1.165, 1.54) is 9.13 Å². The van der Waals surface area contributed by atoms with Crippen molar-refractivity contribution in [3.05, 3.63) is 57.9 Å². The summed E-state index contributed by atoms with van der Waals surface area (Å²) in [6, 6.07) is 0. The van der Waals surface area contributed by atoms with E-state index in [1.54, 1.807) is 58.5 Å². The van der Waals surface area contributed by atoms with E-state index >= 15 is 0 Å². The highest BCUT2D eigenvalue weighted by atomic mass is 16.5. The van der Waals surface area contributed by atoms with Crippen LogP contribution in [0.25, 0.3) is 12.4 Å². The number of rotatable bonds is 8. The minimum Gasteiger partial charge on any atom is -0.378 e. The van der Waals surface area contributed by atoms with Crippen molar-refractivity contribution < 1.29 is 4.74 Å². The second-order valence-corrected chi connectivity index (χ2v) is 4.94. The van der Waals surface area contributed by atoms with Gasteiger partial charge in [0.05, 0.1) is 26.3 Å². The van der Waals surface area contributed by atoms with Gasteiger partial charge in [0.25, 0.3) is 0 Å². The molecule has 7 nitrogen and oxygen atoms in total. The Morgan fingerprint density at radius 3 is 1.65 bits per heavy atom. The molecule has 2 heterocycles. The zero-order valence-corrected chi connectivity index (χ0v) is 13.5. The number of allylic oxidation sites excluding steroid dienone is 2. The minimum absolute atomic E-state index is 0.0913. The first kappa shape index (κ1) is 16.8. The highest BCUT2D eigenvalue weighted by Gasteiger charge is 2.02. The molecule has 0 aliphatic rings. The molecule has 0 fully saturated rings. The Balaban J connectivity index is 1.78. The van der Waals surface area contributed by atoms with E-state index in [1.807, 2.05) is 13.8 Å². The van der Waals surface area contributed by atoms with Crippen molar-refractivity contribution in [3.8, 4) is 0 Å². The van der Waals surface area contributed by atoms with Crippen LogP contribution in [0.1, 0.15) is 13.8 Å². The maximum atomic E-state index is 11.9. The summed E-state index contributed by atoms with van der Waals surface area (Å²) < 4.78 is 11.7. The van der Waals surface area contributed by atoms with Gasteiger partial charge in [0.1, 0.15) is 0 Å². The number of hydrogen-bond donors (Lipinski definition) is 0. The zero-order chi connectivity index (χ0) is 16.7. The molecule has 0 spiro atoms. The summed E-state index contributed by atoms with van der Waals surface area (Å²) in [5.41, 5.74) is -0.183. The molecule has 0 radical (unpaired) electrons. The molecule has 0 N–H and O–H groups in total. The van der Waals surface area contributed by atoms with Crippen molar-refractivity contribution in [2.24, 2.45) is 0 Å². The van der Waals surface area contributed by atoms with Gasteiger partial charge in [0, 0.05) is 37.2 Å². The van der Waals surface area contributed by atoms with E-state index in [0.717, 1.165) is 0 Å². The summed E-state index contributed by atoms with van der Waals surface area (Å²) in [6.45, 7) is 5.53. The molecule has 0 aliphatic heterocycles. The van der Waals surface area contributed by atoms with Gasteiger partial charge in [0.2, 0.25) is 0 Å². The van der Waals surface area contributed by atoms with Gasteiger partial charge in [-0.25, -0.2) is 9.59 Å². The lowest BCUT2D eigenvalue weighted by molar-refractivity contribution is 0.117.